The second kappa shape index (κ2) is 11.1. The van der Waals surface area contributed by atoms with Crippen molar-refractivity contribution in [2.24, 2.45) is 7.05 Å². The number of aromatic nitrogens is 1. The van der Waals surface area contributed by atoms with Gasteiger partial charge in [0, 0.05) is 36.0 Å². The largest absolute Gasteiger partial charge is 0.496 e. The van der Waals surface area contributed by atoms with E-state index in [9.17, 15) is 14.4 Å². The van der Waals surface area contributed by atoms with Crippen molar-refractivity contribution in [2.45, 2.75) is 38.6 Å². The van der Waals surface area contributed by atoms with Crippen molar-refractivity contribution in [3.05, 3.63) is 98.6 Å². The number of nitrogens with zero attached hydrogens (tertiary/aromatic N) is 1. The van der Waals surface area contributed by atoms with E-state index in [-0.39, 0.29) is 5.43 Å². The SMILES string of the molecule is COc1cc2c(c3c1c(=O)c1cc4ccccc4cc1n3C)C(OC(C)=O)C(OC(=O)/C=C/c1ccc(Br)cc1)C(C)(C)O2. The van der Waals surface area contributed by atoms with E-state index in [1.165, 1.54) is 20.1 Å². The van der Waals surface area contributed by atoms with E-state index < -0.39 is 29.7 Å². The quantitative estimate of drug-likeness (QED) is 0.114. The minimum absolute atomic E-state index is 0.240. The van der Waals surface area contributed by atoms with Crippen LogP contribution in [0.5, 0.6) is 11.5 Å². The molecule has 0 bridgehead atoms. The van der Waals surface area contributed by atoms with Gasteiger partial charge >= 0.3 is 11.9 Å². The van der Waals surface area contributed by atoms with Gasteiger partial charge in [-0.05, 0) is 60.5 Å². The molecule has 0 aliphatic carbocycles. The summed E-state index contributed by atoms with van der Waals surface area (Å²) in [4.78, 5) is 39.9. The summed E-state index contributed by atoms with van der Waals surface area (Å²) in [6.45, 7) is 4.80. The van der Waals surface area contributed by atoms with Crippen LogP contribution in [0, 0.1) is 0 Å². The summed E-state index contributed by atoms with van der Waals surface area (Å²) in [6, 6.07) is 20.7. The fourth-order valence-electron chi connectivity index (χ4n) is 5.93. The average Bonchev–Trinajstić information content (AvgIpc) is 2.99. The second-order valence-electron chi connectivity index (χ2n) is 11.3. The molecule has 0 saturated carbocycles. The highest BCUT2D eigenvalue weighted by molar-refractivity contribution is 9.10. The van der Waals surface area contributed by atoms with Crippen LogP contribution in [-0.2, 0) is 26.1 Å². The molecular formula is C35H30BrNO7. The topological polar surface area (TPSA) is 93.1 Å². The van der Waals surface area contributed by atoms with Crippen molar-refractivity contribution in [2.75, 3.05) is 7.11 Å². The van der Waals surface area contributed by atoms with Crippen LogP contribution in [-0.4, -0.2) is 35.3 Å². The molecule has 0 amide bonds. The van der Waals surface area contributed by atoms with Gasteiger partial charge in [0.1, 0.15) is 17.1 Å². The third-order valence-electron chi connectivity index (χ3n) is 7.95. The van der Waals surface area contributed by atoms with Crippen LogP contribution in [0.25, 0.3) is 38.7 Å². The van der Waals surface area contributed by atoms with Crippen LogP contribution in [0.2, 0.25) is 0 Å². The molecule has 0 N–H and O–H groups in total. The molecule has 0 fully saturated rings. The Bertz CT molecular complexity index is 2060. The molecule has 4 aromatic carbocycles. The first-order chi connectivity index (χ1) is 21.0. The van der Waals surface area contributed by atoms with E-state index in [2.05, 4.69) is 15.9 Å². The highest BCUT2D eigenvalue weighted by Crippen LogP contribution is 2.49. The number of pyridine rings is 1. The van der Waals surface area contributed by atoms with Crippen LogP contribution >= 0.6 is 15.9 Å². The van der Waals surface area contributed by atoms with E-state index in [0.717, 1.165) is 20.8 Å². The lowest BCUT2D eigenvalue weighted by Gasteiger charge is -2.43. The number of halogens is 1. The number of hydrogen-bond acceptors (Lipinski definition) is 7. The number of rotatable bonds is 5. The Labute approximate surface area is 261 Å². The van der Waals surface area contributed by atoms with E-state index in [0.29, 0.717) is 38.9 Å². The first-order valence-corrected chi connectivity index (χ1v) is 14.8. The van der Waals surface area contributed by atoms with Gasteiger partial charge in [0.15, 0.2) is 12.2 Å². The Morgan fingerprint density at radius 2 is 1.68 bits per heavy atom. The zero-order chi connectivity index (χ0) is 31.3. The maximum Gasteiger partial charge on any atom is 0.331 e. The molecule has 1 aromatic heterocycles. The number of esters is 2. The highest BCUT2D eigenvalue weighted by atomic mass is 79.9. The number of benzene rings is 4. The van der Waals surface area contributed by atoms with E-state index in [1.54, 1.807) is 26.0 Å². The molecule has 44 heavy (non-hydrogen) atoms. The number of carbonyl (C=O) groups is 2. The Morgan fingerprint density at radius 1 is 1.00 bits per heavy atom. The number of aryl methyl sites for hydroxylation is 1. The Kier molecular flexibility index (Phi) is 7.45. The Balaban J connectivity index is 1.56. The van der Waals surface area contributed by atoms with E-state index in [4.69, 9.17) is 18.9 Å². The van der Waals surface area contributed by atoms with Crippen molar-refractivity contribution >= 4 is 66.5 Å². The fraction of sp³-hybridized carbons (Fsp3) is 0.229. The van der Waals surface area contributed by atoms with Gasteiger partial charge in [-0.15, -0.1) is 0 Å². The predicted octanol–water partition coefficient (Wildman–Crippen LogP) is 7.02. The van der Waals surface area contributed by atoms with Crippen LogP contribution in [0.15, 0.2) is 82.1 Å². The molecule has 1 aliphatic heterocycles. The Hall–Kier alpha value is -4.63. The highest BCUT2D eigenvalue weighted by Gasteiger charge is 2.50. The molecule has 5 aromatic rings. The smallest absolute Gasteiger partial charge is 0.331 e. The van der Waals surface area contributed by atoms with Crippen molar-refractivity contribution in [3.8, 4) is 11.5 Å². The maximum atomic E-state index is 14.2. The van der Waals surface area contributed by atoms with Gasteiger partial charge in [-0.25, -0.2) is 4.79 Å². The standard InChI is InChI=1S/C35H30BrNO7/c1-19(38)42-33-30-27(44-35(2,3)34(33)43-28(39)15-12-20-10-13-23(36)14-11-20)18-26(41-5)29-31(30)37(4)25-17-22-9-7-6-8-21(22)16-24(25)32(29)40/h6-18,33-34H,1-5H3/b15-12+. The summed E-state index contributed by atoms with van der Waals surface area (Å²) in [5.74, 6) is -0.539. The van der Waals surface area contributed by atoms with Crippen LogP contribution < -0.4 is 14.9 Å². The van der Waals surface area contributed by atoms with Gasteiger partial charge in [0.2, 0.25) is 5.43 Å². The van der Waals surface area contributed by atoms with Gasteiger partial charge in [-0.3, -0.25) is 9.59 Å². The predicted molar refractivity (Wildman–Crippen MR) is 173 cm³/mol. The second-order valence-corrected chi connectivity index (χ2v) is 12.2. The molecule has 1 aliphatic rings. The summed E-state index contributed by atoms with van der Waals surface area (Å²) in [5, 5.41) is 2.71. The van der Waals surface area contributed by atoms with Crippen molar-refractivity contribution < 1.29 is 28.5 Å². The zero-order valence-electron chi connectivity index (χ0n) is 24.8. The van der Waals surface area contributed by atoms with Gasteiger partial charge in [0.25, 0.3) is 0 Å². The number of hydrogen-bond donors (Lipinski definition) is 0. The zero-order valence-corrected chi connectivity index (χ0v) is 26.4. The summed E-state index contributed by atoms with van der Waals surface area (Å²) < 4.78 is 26.9. The molecule has 9 heteroatoms. The molecule has 0 spiro atoms. The molecule has 0 radical (unpaired) electrons. The Morgan fingerprint density at radius 3 is 2.34 bits per heavy atom. The number of ether oxygens (including phenoxy) is 4. The summed E-state index contributed by atoms with van der Waals surface area (Å²) in [6.07, 6.45) is 0.814. The number of methoxy groups -OCH3 is 1. The van der Waals surface area contributed by atoms with Crippen molar-refractivity contribution in [1.82, 2.24) is 4.57 Å². The monoisotopic (exact) mass is 655 g/mol. The minimum Gasteiger partial charge on any atom is -0.496 e. The van der Waals surface area contributed by atoms with Crippen LogP contribution in [0.1, 0.15) is 38.0 Å². The van der Waals surface area contributed by atoms with Gasteiger partial charge in [0.05, 0.1) is 29.1 Å². The lowest BCUT2D eigenvalue weighted by atomic mass is 9.86. The van der Waals surface area contributed by atoms with E-state index in [1.807, 2.05) is 72.3 Å². The maximum absolute atomic E-state index is 14.2. The normalized spacial score (nSPS) is 17.4. The molecule has 8 nitrogen and oxygen atoms in total. The van der Waals surface area contributed by atoms with Gasteiger partial charge in [-0.2, -0.15) is 0 Å². The van der Waals surface area contributed by atoms with Gasteiger partial charge < -0.3 is 23.5 Å². The molecule has 224 valence electrons. The summed E-state index contributed by atoms with van der Waals surface area (Å²) >= 11 is 3.40. The van der Waals surface area contributed by atoms with Crippen LogP contribution in [0.4, 0.5) is 0 Å². The van der Waals surface area contributed by atoms with Crippen molar-refractivity contribution in [3.63, 3.8) is 0 Å². The molecule has 6 rings (SSSR count). The third kappa shape index (κ3) is 5.11. The first kappa shape index (κ1) is 29.4. The average molecular weight is 657 g/mol. The first-order valence-electron chi connectivity index (χ1n) is 14.0. The summed E-state index contributed by atoms with van der Waals surface area (Å²) in [7, 11) is 3.33. The molecule has 0 saturated heterocycles. The summed E-state index contributed by atoms with van der Waals surface area (Å²) in [5.41, 5.74) is 0.988. The fourth-order valence-corrected chi connectivity index (χ4v) is 6.20. The lowest BCUT2D eigenvalue weighted by Crippen LogP contribution is -2.52. The molecular weight excluding hydrogens is 626 g/mol. The molecule has 2 atom stereocenters. The molecule has 2 unspecified atom stereocenters. The molecule has 2 heterocycles. The number of carbonyl (C=O) groups excluding carboxylic acids is 2. The van der Waals surface area contributed by atoms with Gasteiger partial charge in [-0.1, -0.05) is 52.3 Å². The number of fused-ring (bicyclic) bond motifs is 5. The van der Waals surface area contributed by atoms with E-state index >= 15 is 0 Å². The van der Waals surface area contributed by atoms with Crippen LogP contribution in [0.3, 0.4) is 0 Å². The van der Waals surface area contributed by atoms with Crippen molar-refractivity contribution in [1.29, 1.82) is 0 Å². The minimum atomic E-state index is -1.13. The third-order valence-corrected chi connectivity index (χ3v) is 8.48. The lowest BCUT2D eigenvalue weighted by molar-refractivity contribution is -0.185.